The van der Waals surface area contributed by atoms with Crippen LogP contribution in [0.1, 0.15) is 51.4 Å². The molecule has 3 nitrogen and oxygen atoms in total. The lowest BCUT2D eigenvalue weighted by atomic mass is 9.85. The maximum Gasteiger partial charge on any atom is 0.313 e. The number of esters is 1. The molecule has 1 aliphatic carbocycles. The molecule has 0 aromatic rings. The summed E-state index contributed by atoms with van der Waals surface area (Å²) in [4.78, 5) is 22.2. The van der Waals surface area contributed by atoms with E-state index in [9.17, 15) is 9.59 Å². The van der Waals surface area contributed by atoms with Gasteiger partial charge in [0.05, 0.1) is 7.11 Å². The van der Waals surface area contributed by atoms with Crippen molar-refractivity contribution in [2.45, 2.75) is 51.4 Å². The molecule has 0 unspecified atom stereocenters. The van der Waals surface area contributed by atoms with Gasteiger partial charge >= 0.3 is 5.97 Å². The number of hydrogen-bond donors (Lipinski definition) is 0. The third kappa shape index (κ3) is 4.96. The molecule has 86 valence electrons. The van der Waals surface area contributed by atoms with Crippen molar-refractivity contribution in [1.82, 2.24) is 0 Å². The van der Waals surface area contributed by atoms with Crippen molar-refractivity contribution in [2.75, 3.05) is 7.11 Å². The molecule has 0 aromatic heterocycles. The van der Waals surface area contributed by atoms with E-state index < -0.39 is 5.97 Å². The zero-order valence-electron chi connectivity index (χ0n) is 9.46. The summed E-state index contributed by atoms with van der Waals surface area (Å²) >= 11 is 0. The van der Waals surface area contributed by atoms with Gasteiger partial charge in [-0.15, -0.1) is 0 Å². The summed E-state index contributed by atoms with van der Waals surface area (Å²) in [6.07, 6.45) is 7.90. The molecular formula is C12H20O3. The molecular weight excluding hydrogens is 192 g/mol. The van der Waals surface area contributed by atoms with Crippen molar-refractivity contribution in [3.63, 3.8) is 0 Å². The van der Waals surface area contributed by atoms with E-state index in [-0.39, 0.29) is 12.2 Å². The Morgan fingerprint density at radius 2 is 1.87 bits per heavy atom. The fourth-order valence-electron chi connectivity index (χ4n) is 2.16. The van der Waals surface area contributed by atoms with Crippen molar-refractivity contribution in [3.8, 4) is 0 Å². The molecule has 1 saturated carbocycles. The quantitative estimate of drug-likeness (QED) is 0.519. The Balaban J connectivity index is 2.12. The van der Waals surface area contributed by atoms with Crippen molar-refractivity contribution in [2.24, 2.45) is 5.92 Å². The van der Waals surface area contributed by atoms with Crippen LogP contribution in [-0.2, 0) is 14.3 Å². The van der Waals surface area contributed by atoms with Gasteiger partial charge in [0, 0.05) is 6.42 Å². The minimum absolute atomic E-state index is 0.0208. The Bertz CT molecular complexity index is 217. The first-order chi connectivity index (χ1) is 7.22. The fourth-order valence-corrected chi connectivity index (χ4v) is 2.16. The van der Waals surface area contributed by atoms with Gasteiger partial charge in [-0.1, -0.05) is 32.1 Å². The zero-order valence-corrected chi connectivity index (χ0v) is 9.46. The maximum atomic E-state index is 11.4. The van der Waals surface area contributed by atoms with E-state index in [0.29, 0.717) is 12.3 Å². The highest BCUT2D eigenvalue weighted by Gasteiger charge is 2.16. The smallest absolute Gasteiger partial charge is 0.313 e. The molecule has 0 spiro atoms. The molecule has 1 fully saturated rings. The average Bonchev–Trinajstić information content (AvgIpc) is 2.27. The molecule has 0 bridgehead atoms. The maximum absolute atomic E-state index is 11.4. The molecule has 1 aliphatic rings. The average molecular weight is 212 g/mol. The van der Waals surface area contributed by atoms with Gasteiger partial charge in [-0.3, -0.25) is 9.59 Å². The van der Waals surface area contributed by atoms with E-state index in [1.807, 2.05) is 0 Å². The number of carbonyl (C=O) groups excluding carboxylic acids is 2. The highest BCUT2D eigenvalue weighted by Crippen LogP contribution is 2.27. The number of hydrogen-bond acceptors (Lipinski definition) is 3. The van der Waals surface area contributed by atoms with E-state index in [2.05, 4.69) is 4.74 Å². The number of carbonyl (C=O) groups is 2. The second kappa shape index (κ2) is 6.59. The third-order valence-corrected chi connectivity index (χ3v) is 3.13. The summed E-state index contributed by atoms with van der Waals surface area (Å²) < 4.78 is 4.45. The van der Waals surface area contributed by atoms with Crippen LogP contribution in [-0.4, -0.2) is 18.9 Å². The van der Waals surface area contributed by atoms with Crippen LogP contribution in [0, 0.1) is 5.92 Å². The van der Waals surface area contributed by atoms with Gasteiger partial charge in [-0.05, 0) is 12.3 Å². The minimum Gasteiger partial charge on any atom is -0.469 e. The van der Waals surface area contributed by atoms with Crippen LogP contribution in [0.5, 0.6) is 0 Å². The Morgan fingerprint density at radius 3 is 2.47 bits per heavy atom. The Labute approximate surface area is 91.2 Å². The summed E-state index contributed by atoms with van der Waals surface area (Å²) in [5, 5.41) is 0. The van der Waals surface area contributed by atoms with E-state index in [4.69, 9.17) is 0 Å². The summed E-state index contributed by atoms with van der Waals surface area (Å²) in [5.41, 5.74) is 0. The highest BCUT2D eigenvalue weighted by atomic mass is 16.5. The summed E-state index contributed by atoms with van der Waals surface area (Å²) in [6, 6.07) is 0. The van der Waals surface area contributed by atoms with E-state index in [0.717, 1.165) is 6.42 Å². The molecule has 1 rings (SSSR count). The van der Waals surface area contributed by atoms with Gasteiger partial charge in [0.25, 0.3) is 0 Å². The zero-order chi connectivity index (χ0) is 11.1. The molecule has 0 radical (unpaired) electrons. The normalized spacial score (nSPS) is 17.4. The second-order valence-electron chi connectivity index (χ2n) is 4.33. The van der Waals surface area contributed by atoms with Crippen LogP contribution in [0.3, 0.4) is 0 Å². The number of ketones is 1. The molecule has 0 atom stereocenters. The van der Waals surface area contributed by atoms with Crippen LogP contribution in [0.25, 0.3) is 0 Å². The standard InChI is InChI=1S/C12H20O3/c1-15-12(14)9-11(13)8-7-10-5-3-2-4-6-10/h10H,2-9H2,1H3. The van der Waals surface area contributed by atoms with Gasteiger partial charge in [0.1, 0.15) is 12.2 Å². The van der Waals surface area contributed by atoms with Crippen molar-refractivity contribution in [1.29, 1.82) is 0 Å². The van der Waals surface area contributed by atoms with Gasteiger partial charge in [0.15, 0.2) is 0 Å². The van der Waals surface area contributed by atoms with Gasteiger partial charge in [0.2, 0.25) is 0 Å². The lowest BCUT2D eigenvalue weighted by Gasteiger charge is -2.20. The number of ether oxygens (including phenoxy) is 1. The van der Waals surface area contributed by atoms with E-state index >= 15 is 0 Å². The third-order valence-electron chi connectivity index (χ3n) is 3.13. The van der Waals surface area contributed by atoms with E-state index in [1.54, 1.807) is 0 Å². The summed E-state index contributed by atoms with van der Waals surface area (Å²) in [5.74, 6) is 0.316. The largest absolute Gasteiger partial charge is 0.469 e. The van der Waals surface area contributed by atoms with Gasteiger partial charge in [-0.2, -0.15) is 0 Å². The molecule has 0 amide bonds. The SMILES string of the molecule is COC(=O)CC(=O)CCC1CCCCC1. The van der Waals surface area contributed by atoms with Crippen LogP contribution < -0.4 is 0 Å². The molecule has 0 aromatic carbocycles. The molecule has 15 heavy (non-hydrogen) atoms. The molecule has 0 heterocycles. The number of Topliss-reactive ketones (excluding diaryl/α,β-unsaturated/α-hetero) is 1. The number of rotatable bonds is 5. The monoisotopic (exact) mass is 212 g/mol. The highest BCUT2D eigenvalue weighted by molar-refractivity contribution is 5.95. The topological polar surface area (TPSA) is 43.4 Å². The first-order valence-electron chi connectivity index (χ1n) is 5.81. The molecule has 3 heteroatoms. The molecule has 0 saturated heterocycles. The van der Waals surface area contributed by atoms with Crippen LogP contribution in [0.2, 0.25) is 0 Å². The van der Waals surface area contributed by atoms with Crippen molar-refractivity contribution < 1.29 is 14.3 Å². The summed E-state index contributed by atoms with van der Waals surface area (Å²) in [6.45, 7) is 0. The minimum atomic E-state index is -0.413. The lowest BCUT2D eigenvalue weighted by molar-refractivity contribution is -0.143. The van der Waals surface area contributed by atoms with Gasteiger partial charge < -0.3 is 4.74 Å². The first-order valence-corrected chi connectivity index (χ1v) is 5.81. The summed E-state index contributed by atoms with van der Waals surface area (Å²) in [7, 11) is 1.32. The predicted octanol–water partition coefficient (Wildman–Crippen LogP) is 2.48. The van der Waals surface area contributed by atoms with Crippen molar-refractivity contribution in [3.05, 3.63) is 0 Å². The predicted molar refractivity (Wildman–Crippen MR) is 57.4 cm³/mol. The van der Waals surface area contributed by atoms with E-state index in [1.165, 1.54) is 39.2 Å². The van der Waals surface area contributed by atoms with Crippen molar-refractivity contribution >= 4 is 11.8 Å². The Morgan fingerprint density at radius 1 is 1.20 bits per heavy atom. The molecule has 0 aliphatic heterocycles. The van der Waals surface area contributed by atoms with Crippen LogP contribution in [0.4, 0.5) is 0 Å². The lowest BCUT2D eigenvalue weighted by Crippen LogP contribution is -2.12. The van der Waals surface area contributed by atoms with Gasteiger partial charge in [-0.25, -0.2) is 0 Å². The fraction of sp³-hybridized carbons (Fsp3) is 0.833. The second-order valence-corrected chi connectivity index (χ2v) is 4.33. The first kappa shape index (κ1) is 12.2. The Kier molecular flexibility index (Phi) is 5.37. The Hall–Kier alpha value is -0.860. The van der Waals surface area contributed by atoms with Crippen LogP contribution in [0.15, 0.2) is 0 Å². The van der Waals surface area contributed by atoms with Crippen LogP contribution >= 0.6 is 0 Å². The molecule has 0 N–H and O–H groups in total. The number of methoxy groups -OCH3 is 1.